The lowest BCUT2D eigenvalue weighted by Gasteiger charge is -2.20. The number of nitrogens with one attached hydrogen (secondary N) is 2. The normalized spacial score (nSPS) is 14.8. The van der Waals surface area contributed by atoms with Gasteiger partial charge >= 0.3 is 0 Å². The molecule has 0 spiro atoms. The van der Waals surface area contributed by atoms with Gasteiger partial charge in [-0.2, -0.15) is 5.10 Å². The number of thioether (sulfide) groups is 1. The first kappa shape index (κ1) is 20.1. The molecule has 0 atom stereocenters. The van der Waals surface area contributed by atoms with E-state index in [-0.39, 0.29) is 17.7 Å². The second-order valence-electron chi connectivity index (χ2n) is 6.87. The molecule has 3 rings (SSSR count). The molecule has 1 saturated carbocycles. The van der Waals surface area contributed by atoms with Gasteiger partial charge in [-0.05, 0) is 61.1 Å². The first-order chi connectivity index (χ1) is 13.7. The Morgan fingerprint density at radius 2 is 1.68 bits per heavy atom. The Hall–Kier alpha value is -2.60. The second-order valence-corrected chi connectivity index (χ2v) is 7.75. The fourth-order valence-corrected chi connectivity index (χ4v) is 3.64. The van der Waals surface area contributed by atoms with E-state index in [9.17, 15) is 9.59 Å². The molecule has 2 amide bonds. The van der Waals surface area contributed by atoms with E-state index in [1.165, 1.54) is 11.3 Å². The number of nitrogens with zero attached hydrogens (tertiary/aromatic N) is 1. The second kappa shape index (κ2) is 10.1. The maximum atomic E-state index is 12.3. The van der Waals surface area contributed by atoms with Crippen LogP contribution in [-0.2, 0) is 4.79 Å². The average molecular weight is 396 g/mol. The lowest BCUT2D eigenvalue weighted by atomic mass is 9.88. The average Bonchev–Trinajstić information content (AvgIpc) is 2.75. The van der Waals surface area contributed by atoms with Crippen LogP contribution < -0.4 is 10.7 Å². The number of carbonyl (C=O) groups is 2. The topological polar surface area (TPSA) is 70.6 Å². The van der Waals surface area contributed by atoms with Gasteiger partial charge in [-0.15, -0.1) is 11.8 Å². The van der Waals surface area contributed by atoms with Crippen molar-refractivity contribution in [2.45, 2.75) is 37.0 Å². The van der Waals surface area contributed by atoms with Crippen molar-refractivity contribution < 1.29 is 9.59 Å². The van der Waals surface area contributed by atoms with E-state index < -0.39 is 0 Å². The molecular formula is C22H25N3O2S. The zero-order valence-corrected chi connectivity index (χ0v) is 16.8. The van der Waals surface area contributed by atoms with Crippen molar-refractivity contribution in [3.8, 4) is 0 Å². The first-order valence-corrected chi connectivity index (χ1v) is 10.8. The van der Waals surface area contributed by atoms with Gasteiger partial charge < -0.3 is 5.32 Å². The number of anilines is 1. The maximum Gasteiger partial charge on any atom is 0.271 e. The van der Waals surface area contributed by atoms with E-state index in [1.54, 1.807) is 42.2 Å². The SMILES string of the molecule is CSc1ccc(C=NNC(=O)c2ccc(NC(=O)C3CCCCC3)cc2)cc1. The van der Waals surface area contributed by atoms with Gasteiger partial charge in [0, 0.05) is 22.1 Å². The van der Waals surface area contributed by atoms with Gasteiger partial charge in [-0.1, -0.05) is 31.4 Å². The van der Waals surface area contributed by atoms with Crippen LogP contribution in [0.4, 0.5) is 5.69 Å². The summed E-state index contributed by atoms with van der Waals surface area (Å²) in [5.74, 6) is -0.104. The molecule has 2 aromatic carbocycles. The van der Waals surface area contributed by atoms with Crippen LogP contribution in [0.25, 0.3) is 0 Å². The fourth-order valence-electron chi connectivity index (χ4n) is 3.23. The molecule has 0 bridgehead atoms. The summed E-state index contributed by atoms with van der Waals surface area (Å²) in [6, 6.07) is 14.8. The summed E-state index contributed by atoms with van der Waals surface area (Å²) in [6.45, 7) is 0. The zero-order chi connectivity index (χ0) is 19.8. The Kier molecular flexibility index (Phi) is 7.25. The minimum Gasteiger partial charge on any atom is -0.326 e. The molecule has 5 nitrogen and oxygen atoms in total. The van der Waals surface area contributed by atoms with Gasteiger partial charge in [0.25, 0.3) is 5.91 Å². The van der Waals surface area contributed by atoms with Gasteiger partial charge in [0.1, 0.15) is 0 Å². The third kappa shape index (κ3) is 5.70. The van der Waals surface area contributed by atoms with E-state index in [0.29, 0.717) is 11.3 Å². The van der Waals surface area contributed by atoms with Crippen LogP contribution in [0, 0.1) is 5.92 Å². The van der Waals surface area contributed by atoms with Crippen LogP contribution in [-0.4, -0.2) is 24.3 Å². The van der Waals surface area contributed by atoms with E-state index in [4.69, 9.17) is 0 Å². The summed E-state index contributed by atoms with van der Waals surface area (Å²) in [4.78, 5) is 25.7. The van der Waals surface area contributed by atoms with Crippen molar-refractivity contribution in [3.05, 3.63) is 59.7 Å². The summed E-state index contributed by atoms with van der Waals surface area (Å²) in [7, 11) is 0. The molecule has 28 heavy (non-hydrogen) atoms. The molecule has 2 aromatic rings. The summed E-state index contributed by atoms with van der Waals surface area (Å²) in [5.41, 5.74) is 4.65. The van der Waals surface area contributed by atoms with Gasteiger partial charge in [-0.25, -0.2) is 5.43 Å². The predicted octanol–water partition coefficient (Wildman–Crippen LogP) is 4.69. The third-order valence-corrected chi connectivity index (χ3v) is 5.63. The predicted molar refractivity (Wildman–Crippen MR) is 115 cm³/mol. The summed E-state index contributed by atoms with van der Waals surface area (Å²) >= 11 is 1.68. The molecule has 0 radical (unpaired) electrons. The van der Waals surface area contributed by atoms with Gasteiger partial charge in [0.15, 0.2) is 0 Å². The molecule has 0 heterocycles. The largest absolute Gasteiger partial charge is 0.326 e. The van der Waals surface area contributed by atoms with Crippen LogP contribution in [0.5, 0.6) is 0 Å². The van der Waals surface area contributed by atoms with Gasteiger partial charge in [0.2, 0.25) is 5.91 Å². The lowest BCUT2D eigenvalue weighted by Crippen LogP contribution is -2.24. The lowest BCUT2D eigenvalue weighted by molar-refractivity contribution is -0.120. The van der Waals surface area contributed by atoms with Crippen LogP contribution in [0.2, 0.25) is 0 Å². The summed E-state index contributed by atoms with van der Waals surface area (Å²) in [6.07, 6.45) is 9.03. The van der Waals surface area contributed by atoms with Crippen LogP contribution >= 0.6 is 11.8 Å². The molecule has 146 valence electrons. The number of amides is 2. The molecule has 0 aliphatic heterocycles. The monoisotopic (exact) mass is 395 g/mol. The van der Waals surface area contributed by atoms with Crippen molar-refractivity contribution in [1.29, 1.82) is 0 Å². The standard InChI is InChI=1S/C22H25N3O2S/c1-28-20-13-7-16(8-14-20)15-23-25-22(27)18-9-11-19(12-10-18)24-21(26)17-5-3-2-4-6-17/h7-15,17H,2-6H2,1H3,(H,24,26)(H,25,27). The summed E-state index contributed by atoms with van der Waals surface area (Å²) in [5, 5.41) is 6.95. The highest BCUT2D eigenvalue weighted by atomic mass is 32.2. The Balaban J connectivity index is 1.51. The van der Waals surface area contributed by atoms with Crippen molar-refractivity contribution >= 4 is 35.5 Å². The molecule has 1 fully saturated rings. The quantitative estimate of drug-likeness (QED) is 0.423. The highest BCUT2D eigenvalue weighted by Crippen LogP contribution is 2.25. The van der Waals surface area contributed by atoms with Crippen molar-refractivity contribution in [2.75, 3.05) is 11.6 Å². The van der Waals surface area contributed by atoms with Crippen molar-refractivity contribution in [3.63, 3.8) is 0 Å². The first-order valence-electron chi connectivity index (χ1n) is 9.54. The van der Waals surface area contributed by atoms with Gasteiger partial charge in [0.05, 0.1) is 6.21 Å². The molecule has 2 N–H and O–H groups in total. The smallest absolute Gasteiger partial charge is 0.271 e. The van der Waals surface area contributed by atoms with E-state index >= 15 is 0 Å². The van der Waals surface area contributed by atoms with E-state index in [1.807, 2.05) is 30.5 Å². The molecule has 1 aliphatic carbocycles. The Labute approximate surface area is 170 Å². The molecule has 0 unspecified atom stereocenters. The number of hydrogen-bond donors (Lipinski definition) is 2. The summed E-state index contributed by atoms with van der Waals surface area (Å²) < 4.78 is 0. The van der Waals surface area contributed by atoms with Crippen LogP contribution in [0.15, 0.2) is 58.5 Å². The minimum atomic E-state index is -0.290. The maximum absolute atomic E-state index is 12.3. The molecule has 0 aromatic heterocycles. The molecule has 0 saturated heterocycles. The highest BCUT2D eigenvalue weighted by Gasteiger charge is 2.21. The number of hydrazone groups is 1. The Bertz CT molecular complexity index is 826. The molecule has 6 heteroatoms. The number of carbonyl (C=O) groups excluding carboxylic acids is 2. The number of benzene rings is 2. The van der Waals surface area contributed by atoms with Crippen LogP contribution in [0.3, 0.4) is 0 Å². The third-order valence-electron chi connectivity index (χ3n) is 4.89. The zero-order valence-electron chi connectivity index (χ0n) is 16.0. The molecule has 1 aliphatic rings. The van der Waals surface area contributed by atoms with Crippen LogP contribution in [0.1, 0.15) is 48.0 Å². The minimum absolute atomic E-state index is 0.0778. The Morgan fingerprint density at radius 1 is 1.00 bits per heavy atom. The van der Waals surface area contributed by atoms with Gasteiger partial charge in [-0.3, -0.25) is 9.59 Å². The van der Waals surface area contributed by atoms with E-state index in [2.05, 4.69) is 15.8 Å². The number of rotatable bonds is 6. The van der Waals surface area contributed by atoms with E-state index in [0.717, 1.165) is 31.2 Å². The Morgan fingerprint density at radius 3 is 2.32 bits per heavy atom. The molecular weight excluding hydrogens is 370 g/mol. The fraction of sp³-hybridized carbons (Fsp3) is 0.318. The van der Waals surface area contributed by atoms with Crippen molar-refractivity contribution in [2.24, 2.45) is 11.0 Å². The van der Waals surface area contributed by atoms with Crippen molar-refractivity contribution in [1.82, 2.24) is 5.43 Å². The number of hydrogen-bond acceptors (Lipinski definition) is 4. The highest BCUT2D eigenvalue weighted by molar-refractivity contribution is 7.98.